The molecule has 1 rings (SSSR count). The molecule has 1 aliphatic rings. The van der Waals surface area contributed by atoms with Gasteiger partial charge in [-0.3, -0.25) is 4.79 Å². The Morgan fingerprint density at radius 1 is 1.47 bits per heavy atom. The first-order valence-electron chi connectivity index (χ1n) is 5.57. The summed E-state index contributed by atoms with van der Waals surface area (Å²) in [6.45, 7) is 8.59. The van der Waals surface area contributed by atoms with E-state index in [0.717, 1.165) is 19.4 Å². The highest BCUT2D eigenvalue weighted by atomic mass is 16.2. The monoisotopic (exact) mass is 208 g/mol. The van der Waals surface area contributed by atoms with Crippen LogP contribution in [0, 0.1) is 22.7 Å². The Balaban J connectivity index is 2.78. The van der Waals surface area contributed by atoms with Gasteiger partial charge >= 0.3 is 0 Å². The number of amides is 1. The third-order valence-corrected chi connectivity index (χ3v) is 2.92. The minimum Gasteiger partial charge on any atom is -0.326 e. The van der Waals surface area contributed by atoms with Crippen LogP contribution in [0.25, 0.3) is 0 Å². The second kappa shape index (κ2) is 4.22. The van der Waals surface area contributed by atoms with Crippen LogP contribution in [0.4, 0.5) is 0 Å². The van der Waals surface area contributed by atoms with Crippen LogP contribution in [0.1, 0.15) is 40.5 Å². The topological polar surface area (TPSA) is 44.1 Å². The smallest absolute Gasteiger partial charge is 0.229 e. The number of nitriles is 1. The van der Waals surface area contributed by atoms with Gasteiger partial charge in [-0.2, -0.15) is 5.26 Å². The van der Waals surface area contributed by atoms with E-state index < -0.39 is 0 Å². The predicted molar refractivity (Wildman–Crippen MR) is 59.0 cm³/mol. The lowest BCUT2D eigenvalue weighted by Crippen LogP contribution is -2.49. The van der Waals surface area contributed by atoms with Crippen LogP contribution in [-0.4, -0.2) is 23.4 Å². The SMILES string of the molecule is CC1CCN(C(=O)C(C)(C)C)[C@@H](C#N)C1. The van der Waals surface area contributed by atoms with Crippen molar-refractivity contribution in [1.82, 2.24) is 4.90 Å². The van der Waals surface area contributed by atoms with Crippen molar-refractivity contribution in [3.63, 3.8) is 0 Å². The first-order chi connectivity index (χ1) is 6.86. The van der Waals surface area contributed by atoms with Gasteiger partial charge in [-0.15, -0.1) is 0 Å². The zero-order valence-electron chi connectivity index (χ0n) is 10.1. The fraction of sp³-hybridized carbons (Fsp3) is 0.833. The van der Waals surface area contributed by atoms with Gasteiger partial charge in [0.2, 0.25) is 5.91 Å². The fourth-order valence-corrected chi connectivity index (χ4v) is 1.94. The molecule has 1 saturated heterocycles. The van der Waals surface area contributed by atoms with Crippen LogP contribution in [0.2, 0.25) is 0 Å². The molecule has 0 aromatic carbocycles. The zero-order valence-corrected chi connectivity index (χ0v) is 10.1. The Bertz CT molecular complexity index is 285. The number of carbonyl (C=O) groups excluding carboxylic acids is 1. The normalized spacial score (nSPS) is 27.3. The summed E-state index contributed by atoms with van der Waals surface area (Å²) in [5, 5.41) is 9.05. The maximum atomic E-state index is 12.1. The van der Waals surface area contributed by atoms with Crippen molar-refractivity contribution in [1.29, 1.82) is 5.26 Å². The standard InChI is InChI=1S/C12H20N2O/c1-9-5-6-14(10(7-9)8-13)11(15)12(2,3)4/h9-10H,5-7H2,1-4H3/t9?,10-/m1/s1. The Labute approximate surface area is 92.1 Å². The summed E-state index contributed by atoms with van der Waals surface area (Å²) in [6.07, 6.45) is 1.83. The average Bonchev–Trinajstić information content (AvgIpc) is 2.15. The van der Waals surface area contributed by atoms with Gasteiger partial charge in [-0.05, 0) is 18.8 Å². The van der Waals surface area contributed by atoms with Crippen molar-refractivity contribution in [3.05, 3.63) is 0 Å². The molecule has 0 N–H and O–H groups in total. The molecule has 0 saturated carbocycles. The van der Waals surface area contributed by atoms with E-state index in [1.54, 1.807) is 4.90 Å². The number of hydrogen-bond acceptors (Lipinski definition) is 2. The number of rotatable bonds is 0. The fourth-order valence-electron chi connectivity index (χ4n) is 1.94. The summed E-state index contributed by atoms with van der Waals surface area (Å²) in [4.78, 5) is 13.8. The van der Waals surface area contributed by atoms with E-state index in [0.29, 0.717) is 5.92 Å². The number of piperidine rings is 1. The van der Waals surface area contributed by atoms with Crippen LogP contribution in [0.3, 0.4) is 0 Å². The highest BCUT2D eigenvalue weighted by Crippen LogP contribution is 2.27. The van der Waals surface area contributed by atoms with Gasteiger partial charge < -0.3 is 4.90 Å². The summed E-state index contributed by atoms with van der Waals surface area (Å²) in [6, 6.07) is 2.02. The van der Waals surface area contributed by atoms with Gasteiger partial charge in [-0.1, -0.05) is 27.7 Å². The summed E-state index contributed by atoms with van der Waals surface area (Å²) in [5.41, 5.74) is -0.379. The lowest BCUT2D eigenvalue weighted by molar-refractivity contribution is -0.142. The predicted octanol–water partition coefficient (Wildman–Crippen LogP) is 2.18. The summed E-state index contributed by atoms with van der Waals surface area (Å²) in [7, 11) is 0. The average molecular weight is 208 g/mol. The van der Waals surface area contributed by atoms with Crippen molar-refractivity contribution in [3.8, 4) is 6.07 Å². The molecular formula is C12H20N2O. The van der Waals surface area contributed by atoms with Crippen molar-refractivity contribution >= 4 is 5.91 Å². The molecule has 1 aliphatic heterocycles. The van der Waals surface area contributed by atoms with Gasteiger partial charge in [0.1, 0.15) is 6.04 Å². The van der Waals surface area contributed by atoms with Crippen LogP contribution in [0.5, 0.6) is 0 Å². The lowest BCUT2D eigenvalue weighted by Gasteiger charge is -2.38. The minimum atomic E-state index is -0.379. The molecule has 0 aromatic rings. The van der Waals surface area contributed by atoms with E-state index in [1.165, 1.54) is 0 Å². The van der Waals surface area contributed by atoms with Gasteiger partial charge in [0.15, 0.2) is 0 Å². The molecule has 1 fully saturated rings. The first-order valence-corrected chi connectivity index (χ1v) is 5.57. The van der Waals surface area contributed by atoms with Gasteiger partial charge in [0, 0.05) is 12.0 Å². The summed E-state index contributed by atoms with van der Waals surface area (Å²) < 4.78 is 0. The highest BCUT2D eigenvalue weighted by Gasteiger charge is 2.35. The molecule has 3 heteroatoms. The number of likely N-dealkylation sites (tertiary alicyclic amines) is 1. The maximum Gasteiger partial charge on any atom is 0.229 e. The van der Waals surface area contributed by atoms with E-state index in [-0.39, 0.29) is 17.4 Å². The van der Waals surface area contributed by atoms with Crippen LogP contribution < -0.4 is 0 Å². The molecule has 0 aromatic heterocycles. The largest absolute Gasteiger partial charge is 0.326 e. The number of carbonyl (C=O) groups is 1. The molecular weight excluding hydrogens is 188 g/mol. The Hall–Kier alpha value is -1.04. The third-order valence-electron chi connectivity index (χ3n) is 2.92. The maximum absolute atomic E-state index is 12.1. The van der Waals surface area contributed by atoms with E-state index in [1.807, 2.05) is 20.8 Å². The second-order valence-corrected chi connectivity index (χ2v) is 5.52. The molecule has 0 radical (unpaired) electrons. The van der Waals surface area contributed by atoms with Crippen LogP contribution in [0.15, 0.2) is 0 Å². The van der Waals surface area contributed by atoms with Crippen LogP contribution in [-0.2, 0) is 4.79 Å². The number of nitrogens with zero attached hydrogens (tertiary/aromatic N) is 2. The Kier molecular flexibility index (Phi) is 3.38. The van der Waals surface area contributed by atoms with Crippen molar-refractivity contribution in [2.75, 3.05) is 6.54 Å². The van der Waals surface area contributed by atoms with Gasteiger partial charge in [0.25, 0.3) is 0 Å². The highest BCUT2D eigenvalue weighted by molar-refractivity contribution is 5.82. The second-order valence-electron chi connectivity index (χ2n) is 5.52. The summed E-state index contributed by atoms with van der Waals surface area (Å²) in [5.74, 6) is 0.652. The van der Waals surface area contributed by atoms with Crippen molar-refractivity contribution < 1.29 is 4.79 Å². The Morgan fingerprint density at radius 2 is 2.07 bits per heavy atom. The summed E-state index contributed by atoms with van der Waals surface area (Å²) >= 11 is 0. The molecule has 15 heavy (non-hydrogen) atoms. The molecule has 0 bridgehead atoms. The van der Waals surface area contributed by atoms with Crippen molar-refractivity contribution in [2.24, 2.45) is 11.3 Å². The van der Waals surface area contributed by atoms with Gasteiger partial charge in [-0.25, -0.2) is 0 Å². The quantitative estimate of drug-likeness (QED) is 0.612. The molecule has 1 amide bonds. The van der Waals surface area contributed by atoms with Crippen molar-refractivity contribution in [2.45, 2.75) is 46.6 Å². The first kappa shape index (κ1) is 12.0. The van der Waals surface area contributed by atoms with Crippen LogP contribution >= 0.6 is 0 Å². The van der Waals surface area contributed by atoms with E-state index in [9.17, 15) is 4.79 Å². The lowest BCUT2D eigenvalue weighted by atomic mass is 9.88. The molecule has 84 valence electrons. The molecule has 1 heterocycles. The molecule has 2 atom stereocenters. The third kappa shape index (κ3) is 2.71. The van der Waals surface area contributed by atoms with E-state index in [2.05, 4.69) is 13.0 Å². The van der Waals surface area contributed by atoms with E-state index >= 15 is 0 Å². The van der Waals surface area contributed by atoms with E-state index in [4.69, 9.17) is 5.26 Å². The minimum absolute atomic E-state index is 0.0981. The molecule has 0 spiro atoms. The molecule has 3 nitrogen and oxygen atoms in total. The number of hydrogen-bond donors (Lipinski definition) is 0. The molecule has 1 unspecified atom stereocenters. The molecule has 0 aliphatic carbocycles. The van der Waals surface area contributed by atoms with Gasteiger partial charge in [0.05, 0.1) is 6.07 Å². The Morgan fingerprint density at radius 3 is 2.53 bits per heavy atom. The zero-order chi connectivity index (χ0) is 11.6.